The normalized spacial score (nSPS) is 13.2. The van der Waals surface area contributed by atoms with Crippen molar-refractivity contribution in [3.63, 3.8) is 0 Å². The first-order chi connectivity index (χ1) is 8.88. The fourth-order valence-electron chi connectivity index (χ4n) is 1.30. The van der Waals surface area contributed by atoms with Gasteiger partial charge < -0.3 is 19.7 Å². The lowest BCUT2D eigenvalue weighted by atomic mass is 10.2. The Bertz CT molecular complexity index is 406. The number of aliphatic hydroxyl groups excluding tert-OH is 2. The van der Waals surface area contributed by atoms with E-state index in [1.807, 2.05) is 0 Å². The largest absolute Gasteiger partial charge is 0.490 e. The van der Waals surface area contributed by atoms with Crippen molar-refractivity contribution in [1.82, 2.24) is 0 Å². The van der Waals surface area contributed by atoms with Crippen molar-refractivity contribution in [3.05, 3.63) is 23.8 Å². The smallest absolute Gasteiger partial charge is 0.417 e. The van der Waals surface area contributed by atoms with Crippen LogP contribution in [0.25, 0.3) is 0 Å². The molecule has 0 fully saturated rings. The molecular formula is C12H15F3O4. The molecule has 1 unspecified atom stereocenters. The Morgan fingerprint density at radius 1 is 1.21 bits per heavy atom. The summed E-state index contributed by atoms with van der Waals surface area (Å²) < 4.78 is 46.5. The summed E-state index contributed by atoms with van der Waals surface area (Å²) in [6.07, 6.45) is -7.28. The van der Waals surface area contributed by atoms with Gasteiger partial charge in [-0.3, -0.25) is 0 Å². The molecule has 0 bridgehead atoms. The van der Waals surface area contributed by atoms with Crippen molar-refractivity contribution in [3.8, 4) is 11.5 Å². The standard InChI is InChI=1S/C12H15F3O4/c1-2-18-10-5-8(6-16)3-4-9(10)19-7-11(17)12(13,14)15/h3-5,11,16-17H,2,6-7H2,1H3. The molecule has 0 aliphatic heterocycles. The first-order valence-corrected chi connectivity index (χ1v) is 5.62. The zero-order valence-corrected chi connectivity index (χ0v) is 10.3. The van der Waals surface area contributed by atoms with Crippen LogP contribution in [0, 0.1) is 0 Å². The highest BCUT2D eigenvalue weighted by molar-refractivity contribution is 5.42. The molecule has 4 nitrogen and oxygen atoms in total. The average Bonchev–Trinajstić information content (AvgIpc) is 2.36. The van der Waals surface area contributed by atoms with Crippen molar-refractivity contribution in [1.29, 1.82) is 0 Å². The van der Waals surface area contributed by atoms with Gasteiger partial charge >= 0.3 is 6.18 Å². The number of rotatable bonds is 6. The SMILES string of the molecule is CCOc1cc(CO)ccc1OCC(O)C(F)(F)F. The summed E-state index contributed by atoms with van der Waals surface area (Å²) in [4.78, 5) is 0. The van der Waals surface area contributed by atoms with E-state index >= 15 is 0 Å². The van der Waals surface area contributed by atoms with Crippen LogP contribution in [-0.2, 0) is 6.61 Å². The van der Waals surface area contributed by atoms with Crippen LogP contribution in [0.15, 0.2) is 18.2 Å². The van der Waals surface area contributed by atoms with E-state index in [1.54, 1.807) is 6.92 Å². The van der Waals surface area contributed by atoms with Gasteiger partial charge in [0.2, 0.25) is 0 Å². The summed E-state index contributed by atoms with van der Waals surface area (Å²) in [6.45, 7) is 0.876. The molecule has 0 aromatic heterocycles. The molecule has 0 heterocycles. The van der Waals surface area contributed by atoms with Crippen LogP contribution in [0.4, 0.5) is 13.2 Å². The second-order valence-electron chi connectivity index (χ2n) is 3.74. The predicted octanol–water partition coefficient (Wildman–Crippen LogP) is 1.88. The lowest BCUT2D eigenvalue weighted by molar-refractivity contribution is -0.210. The Hall–Kier alpha value is -1.47. The van der Waals surface area contributed by atoms with Gasteiger partial charge in [0.1, 0.15) is 6.61 Å². The molecule has 2 N–H and O–H groups in total. The second-order valence-corrected chi connectivity index (χ2v) is 3.74. The molecule has 1 atom stereocenters. The Balaban J connectivity index is 2.77. The molecule has 7 heteroatoms. The third-order valence-electron chi connectivity index (χ3n) is 2.27. The Labute approximate surface area is 108 Å². The van der Waals surface area contributed by atoms with Crippen LogP contribution in [0.1, 0.15) is 12.5 Å². The number of hydrogen-bond donors (Lipinski definition) is 2. The van der Waals surface area contributed by atoms with Gasteiger partial charge in [-0.2, -0.15) is 13.2 Å². The van der Waals surface area contributed by atoms with Crippen LogP contribution in [0.3, 0.4) is 0 Å². The summed E-state index contributed by atoms with van der Waals surface area (Å²) in [5.41, 5.74) is 0.548. The second kappa shape index (κ2) is 6.63. The van der Waals surface area contributed by atoms with E-state index in [4.69, 9.17) is 19.7 Å². The maximum absolute atomic E-state index is 12.1. The van der Waals surface area contributed by atoms with Gasteiger partial charge in [0.05, 0.1) is 13.2 Å². The minimum Gasteiger partial charge on any atom is -0.490 e. The molecule has 0 aliphatic rings. The van der Waals surface area contributed by atoms with Gasteiger partial charge in [0, 0.05) is 0 Å². The summed E-state index contributed by atoms with van der Waals surface area (Å²) in [6, 6.07) is 4.36. The number of alkyl halides is 3. The first kappa shape index (κ1) is 15.6. The lowest BCUT2D eigenvalue weighted by Crippen LogP contribution is -2.34. The highest BCUT2D eigenvalue weighted by Crippen LogP contribution is 2.29. The van der Waals surface area contributed by atoms with Crippen molar-refractivity contribution in [2.75, 3.05) is 13.2 Å². The minimum atomic E-state index is -4.73. The third-order valence-corrected chi connectivity index (χ3v) is 2.27. The zero-order chi connectivity index (χ0) is 14.5. The predicted molar refractivity (Wildman–Crippen MR) is 61.1 cm³/mol. The number of halogens is 3. The van der Waals surface area contributed by atoms with Crippen LogP contribution in [-0.4, -0.2) is 35.7 Å². The average molecular weight is 280 g/mol. The quantitative estimate of drug-likeness (QED) is 0.835. The molecule has 1 aromatic rings. The molecule has 1 rings (SSSR count). The fraction of sp³-hybridized carbons (Fsp3) is 0.500. The maximum Gasteiger partial charge on any atom is 0.417 e. The van der Waals surface area contributed by atoms with E-state index in [0.717, 1.165) is 0 Å². The Morgan fingerprint density at radius 2 is 1.89 bits per heavy atom. The van der Waals surface area contributed by atoms with E-state index in [-0.39, 0.29) is 18.1 Å². The Kier molecular flexibility index (Phi) is 5.44. The first-order valence-electron chi connectivity index (χ1n) is 5.62. The van der Waals surface area contributed by atoms with Gasteiger partial charge in [-0.1, -0.05) is 6.07 Å². The van der Waals surface area contributed by atoms with Gasteiger partial charge in [-0.05, 0) is 24.6 Å². The maximum atomic E-state index is 12.1. The third kappa shape index (κ3) is 4.60. The molecule has 19 heavy (non-hydrogen) atoms. The van der Waals surface area contributed by atoms with Crippen molar-refractivity contribution in [2.24, 2.45) is 0 Å². The number of ether oxygens (including phenoxy) is 2. The van der Waals surface area contributed by atoms with Gasteiger partial charge in [0.25, 0.3) is 0 Å². The van der Waals surface area contributed by atoms with E-state index in [1.165, 1.54) is 18.2 Å². The van der Waals surface area contributed by atoms with E-state index in [9.17, 15) is 13.2 Å². The Morgan fingerprint density at radius 3 is 2.42 bits per heavy atom. The molecule has 108 valence electrons. The molecule has 0 spiro atoms. The van der Waals surface area contributed by atoms with E-state index in [0.29, 0.717) is 12.2 Å². The van der Waals surface area contributed by atoms with Gasteiger partial charge in [-0.15, -0.1) is 0 Å². The minimum absolute atomic E-state index is 0.0855. The van der Waals surface area contributed by atoms with E-state index in [2.05, 4.69) is 0 Å². The highest BCUT2D eigenvalue weighted by atomic mass is 19.4. The molecule has 1 aromatic carbocycles. The van der Waals surface area contributed by atoms with Crippen LogP contribution in [0.2, 0.25) is 0 Å². The highest BCUT2D eigenvalue weighted by Gasteiger charge is 2.38. The topological polar surface area (TPSA) is 58.9 Å². The van der Waals surface area contributed by atoms with Crippen LogP contribution >= 0.6 is 0 Å². The summed E-state index contributed by atoms with van der Waals surface area (Å²) >= 11 is 0. The number of benzene rings is 1. The molecule has 0 saturated carbocycles. The van der Waals surface area contributed by atoms with E-state index < -0.39 is 18.9 Å². The van der Waals surface area contributed by atoms with Gasteiger partial charge in [-0.25, -0.2) is 0 Å². The van der Waals surface area contributed by atoms with Crippen LogP contribution in [0.5, 0.6) is 11.5 Å². The van der Waals surface area contributed by atoms with Crippen molar-refractivity contribution >= 4 is 0 Å². The summed E-state index contributed by atoms with van der Waals surface area (Å²) in [5.74, 6) is 0.311. The van der Waals surface area contributed by atoms with Crippen LogP contribution < -0.4 is 9.47 Å². The summed E-state index contributed by atoms with van der Waals surface area (Å²) in [7, 11) is 0. The molecule has 0 radical (unpaired) electrons. The number of hydrogen-bond acceptors (Lipinski definition) is 4. The summed E-state index contributed by atoms with van der Waals surface area (Å²) in [5, 5.41) is 17.8. The monoisotopic (exact) mass is 280 g/mol. The van der Waals surface area contributed by atoms with Gasteiger partial charge in [0.15, 0.2) is 17.6 Å². The number of aliphatic hydroxyl groups is 2. The molecule has 0 amide bonds. The molecule has 0 saturated heterocycles. The fourth-order valence-corrected chi connectivity index (χ4v) is 1.30. The van der Waals surface area contributed by atoms with Crippen molar-refractivity contribution < 1.29 is 32.9 Å². The lowest BCUT2D eigenvalue weighted by Gasteiger charge is -2.17. The van der Waals surface area contributed by atoms with Crippen molar-refractivity contribution in [2.45, 2.75) is 25.8 Å². The molecule has 0 aliphatic carbocycles. The zero-order valence-electron chi connectivity index (χ0n) is 10.3. The molecular weight excluding hydrogens is 265 g/mol.